The van der Waals surface area contributed by atoms with Crippen LogP contribution in [0.4, 0.5) is 0 Å². The van der Waals surface area contributed by atoms with Crippen LogP contribution < -0.4 is 14.8 Å². The SMILES string of the molecule is COc1ccc(S(=O)(=O)CCC(=O)N2CCC3CCC(C2)N3)cc1OC.Cl. The summed E-state index contributed by atoms with van der Waals surface area (Å²) in [5.41, 5.74) is 0. The fourth-order valence-electron chi connectivity index (χ4n) is 3.68. The van der Waals surface area contributed by atoms with Crippen LogP contribution >= 0.6 is 12.4 Å². The zero-order chi connectivity index (χ0) is 18.7. The molecule has 2 fully saturated rings. The van der Waals surface area contributed by atoms with Gasteiger partial charge in [-0.05, 0) is 31.4 Å². The van der Waals surface area contributed by atoms with Crippen LogP contribution in [0.5, 0.6) is 11.5 Å². The van der Waals surface area contributed by atoms with Crippen LogP contribution in [0.3, 0.4) is 0 Å². The molecule has 2 bridgehead atoms. The van der Waals surface area contributed by atoms with Crippen molar-refractivity contribution in [2.45, 2.75) is 42.7 Å². The quantitative estimate of drug-likeness (QED) is 0.756. The van der Waals surface area contributed by atoms with Crippen molar-refractivity contribution in [3.05, 3.63) is 18.2 Å². The number of fused-ring (bicyclic) bond motifs is 2. The van der Waals surface area contributed by atoms with Crippen molar-refractivity contribution in [1.82, 2.24) is 10.2 Å². The Balaban J connectivity index is 0.00000261. The Morgan fingerprint density at radius 2 is 1.85 bits per heavy atom. The largest absolute Gasteiger partial charge is 0.493 e. The van der Waals surface area contributed by atoms with E-state index in [1.165, 1.54) is 32.8 Å². The van der Waals surface area contributed by atoms with E-state index in [1.54, 1.807) is 11.0 Å². The van der Waals surface area contributed by atoms with Gasteiger partial charge in [-0.25, -0.2) is 8.42 Å². The van der Waals surface area contributed by atoms with Gasteiger partial charge in [0.1, 0.15) is 0 Å². The lowest BCUT2D eigenvalue weighted by Gasteiger charge is -2.24. The first-order chi connectivity index (χ1) is 12.4. The minimum Gasteiger partial charge on any atom is -0.493 e. The highest BCUT2D eigenvalue weighted by molar-refractivity contribution is 7.91. The molecule has 152 valence electrons. The first-order valence-corrected chi connectivity index (χ1v) is 10.6. The van der Waals surface area contributed by atoms with Crippen molar-refractivity contribution in [2.75, 3.05) is 33.1 Å². The van der Waals surface area contributed by atoms with Crippen molar-refractivity contribution < 1.29 is 22.7 Å². The van der Waals surface area contributed by atoms with Crippen LogP contribution in [0.25, 0.3) is 0 Å². The van der Waals surface area contributed by atoms with Gasteiger partial charge in [-0.2, -0.15) is 0 Å². The van der Waals surface area contributed by atoms with E-state index < -0.39 is 9.84 Å². The summed E-state index contributed by atoms with van der Waals surface area (Å²) in [4.78, 5) is 14.5. The topological polar surface area (TPSA) is 84.9 Å². The normalized spacial score (nSPS) is 21.9. The molecule has 1 N–H and O–H groups in total. The lowest BCUT2D eigenvalue weighted by atomic mass is 10.1. The summed E-state index contributed by atoms with van der Waals surface area (Å²) in [5, 5.41) is 3.52. The molecule has 0 radical (unpaired) electrons. The number of halogens is 1. The number of likely N-dealkylation sites (tertiary alicyclic amines) is 1. The molecule has 2 aliphatic heterocycles. The van der Waals surface area contributed by atoms with Gasteiger partial charge in [0, 0.05) is 37.7 Å². The average molecular weight is 419 g/mol. The smallest absolute Gasteiger partial charge is 0.223 e. The highest BCUT2D eigenvalue weighted by atomic mass is 35.5. The maximum atomic E-state index is 12.6. The number of carbonyl (C=O) groups excluding carboxylic acids is 1. The molecule has 0 aromatic heterocycles. The molecule has 0 aliphatic carbocycles. The number of hydrogen-bond donors (Lipinski definition) is 1. The van der Waals surface area contributed by atoms with E-state index >= 15 is 0 Å². The third-order valence-corrected chi connectivity index (χ3v) is 6.89. The Labute approximate surface area is 166 Å². The zero-order valence-electron chi connectivity index (χ0n) is 15.6. The number of methoxy groups -OCH3 is 2. The molecule has 1 aromatic rings. The summed E-state index contributed by atoms with van der Waals surface area (Å²) >= 11 is 0. The highest BCUT2D eigenvalue weighted by Crippen LogP contribution is 2.30. The standard InChI is InChI=1S/C18H26N2O5S.ClH/c1-24-16-6-5-15(11-17(16)25-2)26(22,23)10-8-18(21)20-9-7-13-3-4-14(12-20)19-13;/h5-6,11,13-14,19H,3-4,7-10,12H2,1-2H3;1H. The monoisotopic (exact) mass is 418 g/mol. The molecule has 9 heteroatoms. The summed E-state index contributed by atoms with van der Waals surface area (Å²) in [6, 6.07) is 5.32. The number of sulfone groups is 1. The van der Waals surface area contributed by atoms with Gasteiger partial charge < -0.3 is 19.7 Å². The molecule has 2 atom stereocenters. The molecule has 3 rings (SSSR count). The summed E-state index contributed by atoms with van der Waals surface area (Å²) in [5.74, 6) is 0.520. The number of ether oxygens (including phenoxy) is 2. The van der Waals surface area contributed by atoms with Gasteiger partial charge in [-0.1, -0.05) is 0 Å². The van der Waals surface area contributed by atoms with E-state index in [4.69, 9.17) is 9.47 Å². The maximum Gasteiger partial charge on any atom is 0.223 e. The maximum absolute atomic E-state index is 12.6. The number of benzene rings is 1. The minimum atomic E-state index is -3.57. The zero-order valence-corrected chi connectivity index (χ0v) is 17.3. The lowest BCUT2D eigenvalue weighted by molar-refractivity contribution is -0.131. The van der Waals surface area contributed by atoms with Crippen molar-refractivity contribution in [3.63, 3.8) is 0 Å². The summed E-state index contributed by atoms with van der Waals surface area (Å²) in [6.07, 6.45) is 3.18. The van der Waals surface area contributed by atoms with Crippen LogP contribution in [0.2, 0.25) is 0 Å². The molecule has 7 nitrogen and oxygen atoms in total. The predicted molar refractivity (Wildman–Crippen MR) is 105 cm³/mol. The molecule has 1 aromatic carbocycles. The highest BCUT2D eigenvalue weighted by Gasteiger charge is 2.31. The second-order valence-corrected chi connectivity index (χ2v) is 8.96. The Morgan fingerprint density at radius 1 is 1.15 bits per heavy atom. The second-order valence-electron chi connectivity index (χ2n) is 6.85. The van der Waals surface area contributed by atoms with Crippen LogP contribution in [0.15, 0.2) is 23.1 Å². The number of carbonyl (C=O) groups is 1. The fraction of sp³-hybridized carbons (Fsp3) is 0.611. The summed E-state index contributed by atoms with van der Waals surface area (Å²) < 4.78 is 35.5. The molecule has 1 amide bonds. The average Bonchev–Trinajstić information content (AvgIpc) is 2.97. The van der Waals surface area contributed by atoms with Crippen molar-refractivity contribution in [1.29, 1.82) is 0 Å². The molecule has 0 spiro atoms. The third-order valence-electron chi connectivity index (χ3n) is 5.17. The van der Waals surface area contributed by atoms with Gasteiger partial charge >= 0.3 is 0 Å². The van der Waals surface area contributed by atoms with Crippen molar-refractivity contribution >= 4 is 28.2 Å². The Hall–Kier alpha value is -1.51. The molecule has 2 aliphatic rings. The van der Waals surface area contributed by atoms with E-state index in [-0.39, 0.29) is 35.4 Å². The van der Waals surface area contributed by atoms with Gasteiger partial charge in [0.15, 0.2) is 21.3 Å². The van der Waals surface area contributed by atoms with E-state index in [2.05, 4.69) is 5.32 Å². The molecule has 2 saturated heterocycles. The van der Waals surface area contributed by atoms with Crippen LogP contribution in [-0.2, 0) is 14.6 Å². The van der Waals surface area contributed by atoms with Gasteiger partial charge in [0.25, 0.3) is 0 Å². The van der Waals surface area contributed by atoms with E-state index in [1.807, 2.05) is 0 Å². The van der Waals surface area contributed by atoms with Crippen molar-refractivity contribution in [2.24, 2.45) is 0 Å². The van der Waals surface area contributed by atoms with E-state index in [9.17, 15) is 13.2 Å². The number of hydrogen-bond acceptors (Lipinski definition) is 6. The number of rotatable bonds is 6. The van der Waals surface area contributed by atoms with Gasteiger partial charge in [0.05, 0.1) is 24.9 Å². The minimum absolute atomic E-state index is 0. The second kappa shape index (κ2) is 9.12. The van der Waals surface area contributed by atoms with Crippen molar-refractivity contribution in [3.8, 4) is 11.5 Å². The van der Waals surface area contributed by atoms with Crippen LogP contribution in [-0.4, -0.2) is 64.4 Å². The molecule has 2 heterocycles. The Kier molecular flexibility index (Phi) is 7.36. The molecular formula is C18H27ClN2O5S. The molecule has 2 unspecified atom stereocenters. The van der Waals surface area contributed by atoms with Gasteiger partial charge in [-0.3, -0.25) is 4.79 Å². The van der Waals surface area contributed by atoms with Crippen LogP contribution in [0.1, 0.15) is 25.7 Å². The lowest BCUT2D eigenvalue weighted by Crippen LogP contribution is -2.39. The Bertz CT molecular complexity index is 771. The third kappa shape index (κ3) is 5.06. The molecular weight excluding hydrogens is 392 g/mol. The molecule has 0 saturated carbocycles. The first kappa shape index (κ1) is 21.8. The number of amides is 1. The predicted octanol–water partition coefficient (Wildman–Crippen LogP) is 1.64. The van der Waals surface area contributed by atoms with Crippen LogP contribution in [0, 0.1) is 0 Å². The van der Waals surface area contributed by atoms with E-state index in [0.29, 0.717) is 36.7 Å². The number of nitrogens with zero attached hydrogens (tertiary/aromatic N) is 1. The van der Waals surface area contributed by atoms with E-state index in [0.717, 1.165) is 12.8 Å². The summed E-state index contributed by atoms with van der Waals surface area (Å²) in [6.45, 7) is 1.37. The summed E-state index contributed by atoms with van der Waals surface area (Å²) in [7, 11) is -0.619. The fourth-order valence-corrected chi connectivity index (χ4v) is 4.92. The Morgan fingerprint density at radius 3 is 2.56 bits per heavy atom. The first-order valence-electron chi connectivity index (χ1n) is 8.91. The van der Waals surface area contributed by atoms with Gasteiger partial charge in [-0.15, -0.1) is 12.4 Å². The molecule has 27 heavy (non-hydrogen) atoms. The number of nitrogens with one attached hydrogen (secondary N) is 1. The van der Waals surface area contributed by atoms with Gasteiger partial charge in [0.2, 0.25) is 5.91 Å².